The molecule has 0 fully saturated rings. The summed E-state index contributed by atoms with van der Waals surface area (Å²) in [6.07, 6.45) is 0. The maximum atomic E-state index is 13.7. The van der Waals surface area contributed by atoms with Crippen molar-refractivity contribution in [1.29, 1.82) is 0 Å². The van der Waals surface area contributed by atoms with E-state index in [1.165, 1.54) is 6.07 Å². The molecule has 0 saturated carbocycles. The minimum atomic E-state index is -1.23. The first-order valence-electron chi connectivity index (χ1n) is 4.85. The SMILES string of the molecule is Cc1cc(C(=O)O)nn1-c1cc(F)c(Br)cc1F. The molecule has 0 unspecified atom stereocenters. The van der Waals surface area contributed by atoms with E-state index in [9.17, 15) is 13.6 Å². The lowest BCUT2D eigenvalue weighted by Gasteiger charge is -2.06. The largest absolute Gasteiger partial charge is 0.476 e. The Hall–Kier alpha value is -1.76. The molecule has 2 aromatic rings. The average molecular weight is 317 g/mol. The molecule has 0 aliphatic rings. The highest BCUT2D eigenvalue weighted by molar-refractivity contribution is 9.10. The number of carbonyl (C=O) groups is 1. The van der Waals surface area contributed by atoms with E-state index in [-0.39, 0.29) is 15.9 Å². The van der Waals surface area contributed by atoms with Gasteiger partial charge in [0.15, 0.2) is 5.69 Å². The fourth-order valence-electron chi connectivity index (χ4n) is 1.50. The second-order valence-electron chi connectivity index (χ2n) is 3.61. The minimum Gasteiger partial charge on any atom is -0.476 e. The van der Waals surface area contributed by atoms with E-state index in [0.29, 0.717) is 5.69 Å². The van der Waals surface area contributed by atoms with E-state index in [2.05, 4.69) is 21.0 Å². The van der Waals surface area contributed by atoms with Crippen molar-refractivity contribution < 1.29 is 18.7 Å². The smallest absolute Gasteiger partial charge is 0.356 e. The van der Waals surface area contributed by atoms with Crippen LogP contribution in [0.15, 0.2) is 22.7 Å². The highest BCUT2D eigenvalue weighted by Crippen LogP contribution is 2.23. The van der Waals surface area contributed by atoms with Gasteiger partial charge in [0.25, 0.3) is 0 Å². The molecule has 18 heavy (non-hydrogen) atoms. The van der Waals surface area contributed by atoms with Crippen LogP contribution in [-0.4, -0.2) is 20.9 Å². The van der Waals surface area contributed by atoms with E-state index >= 15 is 0 Å². The van der Waals surface area contributed by atoms with Gasteiger partial charge in [-0.3, -0.25) is 0 Å². The first-order chi connectivity index (χ1) is 8.40. The maximum absolute atomic E-state index is 13.7. The number of carboxylic acid groups (broad SMARTS) is 1. The number of carboxylic acids is 1. The van der Waals surface area contributed by atoms with Gasteiger partial charge in [-0.2, -0.15) is 5.10 Å². The lowest BCUT2D eigenvalue weighted by molar-refractivity contribution is 0.0690. The zero-order valence-corrected chi connectivity index (χ0v) is 10.7. The predicted molar refractivity (Wildman–Crippen MR) is 62.9 cm³/mol. The minimum absolute atomic E-state index is 0.00739. The van der Waals surface area contributed by atoms with Crippen molar-refractivity contribution >= 4 is 21.9 Å². The Morgan fingerprint density at radius 3 is 2.56 bits per heavy atom. The summed E-state index contributed by atoms with van der Waals surface area (Å²) in [5, 5.41) is 12.5. The fraction of sp³-hybridized carbons (Fsp3) is 0.0909. The van der Waals surface area contributed by atoms with Gasteiger partial charge in [-0.1, -0.05) is 0 Å². The molecule has 0 saturated heterocycles. The van der Waals surface area contributed by atoms with Gasteiger partial charge in [0.1, 0.15) is 17.3 Å². The van der Waals surface area contributed by atoms with Crippen LogP contribution < -0.4 is 0 Å². The van der Waals surface area contributed by atoms with Crippen LogP contribution in [0.3, 0.4) is 0 Å². The Labute approximate surface area is 109 Å². The fourth-order valence-corrected chi connectivity index (χ4v) is 1.81. The van der Waals surface area contributed by atoms with Crippen molar-refractivity contribution in [3.05, 3.63) is 45.7 Å². The molecule has 1 aromatic heterocycles. The number of aromatic carboxylic acids is 1. The van der Waals surface area contributed by atoms with Crippen LogP contribution in [0.25, 0.3) is 5.69 Å². The summed E-state index contributed by atoms with van der Waals surface area (Å²) < 4.78 is 28.1. The Morgan fingerprint density at radius 1 is 1.33 bits per heavy atom. The summed E-state index contributed by atoms with van der Waals surface area (Å²) in [6, 6.07) is 3.19. The number of nitrogens with zero attached hydrogens (tertiary/aromatic N) is 2. The quantitative estimate of drug-likeness (QED) is 0.867. The van der Waals surface area contributed by atoms with Gasteiger partial charge in [0.2, 0.25) is 0 Å². The lowest BCUT2D eigenvalue weighted by Crippen LogP contribution is -2.05. The molecule has 0 spiro atoms. The monoisotopic (exact) mass is 316 g/mol. The van der Waals surface area contributed by atoms with E-state index < -0.39 is 17.6 Å². The topological polar surface area (TPSA) is 55.1 Å². The van der Waals surface area contributed by atoms with Gasteiger partial charge < -0.3 is 5.11 Å². The second-order valence-corrected chi connectivity index (χ2v) is 4.46. The third-order valence-electron chi connectivity index (χ3n) is 2.32. The normalized spacial score (nSPS) is 10.7. The third-order valence-corrected chi connectivity index (χ3v) is 2.93. The molecule has 0 aliphatic carbocycles. The molecule has 2 rings (SSSR count). The van der Waals surface area contributed by atoms with E-state index in [1.807, 2.05) is 0 Å². The van der Waals surface area contributed by atoms with E-state index in [0.717, 1.165) is 16.8 Å². The number of hydrogen-bond acceptors (Lipinski definition) is 2. The molecule has 0 radical (unpaired) electrons. The van der Waals surface area contributed by atoms with Crippen LogP contribution in [0.1, 0.15) is 16.2 Å². The summed E-state index contributed by atoms with van der Waals surface area (Å²) in [5.41, 5.74) is 0.0314. The molecule has 0 aliphatic heterocycles. The summed E-state index contributed by atoms with van der Waals surface area (Å²) in [6.45, 7) is 1.55. The van der Waals surface area contributed by atoms with Crippen LogP contribution in [0, 0.1) is 18.6 Å². The predicted octanol–water partition coefficient (Wildman–Crippen LogP) is 2.92. The number of rotatable bonds is 2. The summed E-state index contributed by atoms with van der Waals surface area (Å²) in [4.78, 5) is 10.8. The molecule has 94 valence electrons. The van der Waals surface area contributed by atoms with Crippen molar-refractivity contribution in [3.8, 4) is 5.69 Å². The Kier molecular flexibility index (Phi) is 3.16. The molecule has 1 N–H and O–H groups in total. The molecular formula is C11H7BrF2N2O2. The number of aryl methyl sites for hydroxylation is 1. The Bertz CT molecular complexity index is 640. The summed E-state index contributed by atoms with van der Waals surface area (Å²) >= 11 is 2.86. The second kappa shape index (κ2) is 4.49. The third kappa shape index (κ3) is 2.13. The maximum Gasteiger partial charge on any atom is 0.356 e. The van der Waals surface area contributed by atoms with Crippen molar-refractivity contribution in [3.63, 3.8) is 0 Å². The highest BCUT2D eigenvalue weighted by atomic mass is 79.9. The van der Waals surface area contributed by atoms with Gasteiger partial charge in [0.05, 0.1) is 4.47 Å². The Balaban J connectivity index is 2.62. The van der Waals surface area contributed by atoms with Gasteiger partial charge >= 0.3 is 5.97 Å². The van der Waals surface area contributed by atoms with Crippen molar-refractivity contribution in [2.45, 2.75) is 6.92 Å². The zero-order chi connectivity index (χ0) is 13.4. The Morgan fingerprint density at radius 2 is 2.00 bits per heavy atom. The number of aromatic nitrogens is 2. The van der Waals surface area contributed by atoms with E-state index in [1.54, 1.807) is 6.92 Å². The van der Waals surface area contributed by atoms with Crippen molar-refractivity contribution in [2.24, 2.45) is 0 Å². The molecule has 4 nitrogen and oxygen atoms in total. The number of halogens is 3. The zero-order valence-electron chi connectivity index (χ0n) is 9.12. The number of hydrogen-bond donors (Lipinski definition) is 1. The average Bonchev–Trinajstić information content (AvgIpc) is 2.66. The van der Waals surface area contributed by atoms with Gasteiger partial charge in [0, 0.05) is 11.8 Å². The molecule has 0 bridgehead atoms. The van der Waals surface area contributed by atoms with Gasteiger partial charge in [-0.15, -0.1) is 0 Å². The molecule has 0 amide bonds. The standard InChI is InChI=1S/C11H7BrF2N2O2/c1-5-2-9(11(17)18)15-16(5)10-4-7(13)6(12)3-8(10)14/h2-4H,1H3,(H,17,18). The molecule has 0 atom stereocenters. The number of benzene rings is 1. The summed E-state index contributed by atoms with van der Waals surface area (Å²) in [5.74, 6) is -2.58. The molecule has 1 aromatic carbocycles. The van der Waals surface area contributed by atoms with Crippen molar-refractivity contribution in [2.75, 3.05) is 0 Å². The highest BCUT2D eigenvalue weighted by Gasteiger charge is 2.16. The van der Waals surface area contributed by atoms with Crippen LogP contribution >= 0.6 is 15.9 Å². The van der Waals surface area contributed by atoms with Gasteiger partial charge in [-0.25, -0.2) is 18.3 Å². The van der Waals surface area contributed by atoms with Crippen LogP contribution in [0.5, 0.6) is 0 Å². The van der Waals surface area contributed by atoms with Crippen LogP contribution in [0.2, 0.25) is 0 Å². The molecule has 7 heteroatoms. The van der Waals surface area contributed by atoms with Crippen LogP contribution in [0.4, 0.5) is 8.78 Å². The first kappa shape index (κ1) is 12.7. The van der Waals surface area contributed by atoms with E-state index in [4.69, 9.17) is 5.11 Å². The lowest BCUT2D eigenvalue weighted by atomic mass is 10.3. The summed E-state index contributed by atoms with van der Waals surface area (Å²) in [7, 11) is 0. The van der Waals surface area contributed by atoms with Crippen molar-refractivity contribution in [1.82, 2.24) is 9.78 Å². The molecule has 1 heterocycles. The molecular weight excluding hydrogens is 310 g/mol. The first-order valence-corrected chi connectivity index (χ1v) is 5.64. The van der Waals surface area contributed by atoms with Crippen LogP contribution in [-0.2, 0) is 0 Å². The van der Waals surface area contributed by atoms with Gasteiger partial charge in [-0.05, 0) is 35.0 Å².